The van der Waals surface area contributed by atoms with Crippen LogP contribution in [0.3, 0.4) is 0 Å². The summed E-state index contributed by atoms with van der Waals surface area (Å²) < 4.78 is 0.967. The van der Waals surface area contributed by atoms with Gasteiger partial charge in [0.15, 0.2) is 0 Å². The van der Waals surface area contributed by atoms with Crippen molar-refractivity contribution in [2.24, 2.45) is 0 Å². The molecule has 0 radical (unpaired) electrons. The summed E-state index contributed by atoms with van der Waals surface area (Å²) >= 11 is 2.15. The summed E-state index contributed by atoms with van der Waals surface area (Å²) in [4.78, 5) is 36.6. The normalized spacial score (nSPS) is 10.1. The number of halogens is 1. The minimum absolute atomic E-state index is 0.234. The number of aryl methyl sites for hydroxylation is 1. The first-order valence-electron chi connectivity index (χ1n) is 8.77. The maximum atomic E-state index is 12.2. The van der Waals surface area contributed by atoms with Crippen molar-refractivity contribution in [3.05, 3.63) is 98.6 Å². The van der Waals surface area contributed by atoms with E-state index in [2.05, 4.69) is 38.8 Å². The predicted molar refractivity (Wildman–Crippen MR) is 120 cm³/mol. The van der Waals surface area contributed by atoms with E-state index in [4.69, 9.17) is 0 Å². The van der Waals surface area contributed by atoms with Crippen LogP contribution >= 0.6 is 22.6 Å². The number of carbonyl (C=O) groups excluding carboxylic acids is 3. The van der Waals surface area contributed by atoms with Crippen molar-refractivity contribution in [1.82, 2.24) is 10.9 Å². The van der Waals surface area contributed by atoms with Crippen LogP contribution in [-0.2, 0) is 0 Å². The Balaban J connectivity index is 1.56. The van der Waals surface area contributed by atoms with E-state index in [1.54, 1.807) is 60.7 Å². The van der Waals surface area contributed by atoms with Crippen molar-refractivity contribution in [2.75, 3.05) is 5.32 Å². The van der Waals surface area contributed by atoms with Gasteiger partial charge in [-0.15, -0.1) is 0 Å². The van der Waals surface area contributed by atoms with Crippen molar-refractivity contribution >= 4 is 46.0 Å². The minimum Gasteiger partial charge on any atom is -0.322 e. The molecule has 0 saturated heterocycles. The summed E-state index contributed by atoms with van der Waals surface area (Å²) in [6, 6.07) is 20.5. The predicted octanol–water partition coefficient (Wildman–Crippen LogP) is 3.93. The summed E-state index contributed by atoms with van der Waals surface area (Å²) in [6.07, 6.45) is 0. The molecule has 0 fully saturated rings. The standard InChI is InChI=1S/C22H18IN3O3/c1-14-7-8-17(13-19(14)23)22(29)26-25-21(28)16-9-11-18(12-10-16)24-20(27)15-5-3-2-4-6-15/h2-13H,1H3,(H,24,27)(H,25,28)(H,26,29). The number of amides is 3. The van der Waals surface area contributed by atoms with Crippen LogP contribution in [0.15, 0.2) is 72.8 Å². The van der Waals surface area contributed by atoms with E-state index in [1.807, 2.05) is 19.1 Å². The highest BCUT2D eigenvalue weighted by Crippen LogP contribution is 2.14. The van der Waals surface area contributed by atoms with Gasteiger partial charge in [0.05, 0.1) is 0 Å². The topological polar surface area (TPSA) is 87.3 Å². The van der Waals surface area contributed by atoms with Gasteiger partial charge >= 0.3 is 0 Å². The van der Waals surface area contributed by atoms with E-state index in [9.17, 15) is 14.4 Å². The van der Waals surface area contributed by atoms with Crippen molar-refractivity contribution in [2.45, 2.75) is 6.92 Å². The molecule has 0 saturated carbocycles. The number of rotatable bonds is 4. The third-order valence-corrected chi connectivity index (χ3v) is 5.33. The van der Waals surface area contributed by atoms with Gasteiger partial charge < -0.3 is 5.32 Å². The van der Waals surface area contributed by atoms with Gasteiger partial charge in [0.2, 0.25) is 0 Å². The number of anilines is 1. The molecule has 3 N–H and O–H groups in total. The lowest BCUT2D eigenvalue weighted by Crippen LogP contribution is -2.41. The largest absolute Gasteiger partial charge is 0.322 e. The first-order chi connectivity index (χ1) is 13.9. The molecule has 0 aliphatic heterocycles. The van der Waals surface area contributed by atoms with E-state index in [0.29, 0.717) is 22.4 Å². The first kappa shape index (κ1) is 20.5. The molecule has 0 heterocycles. The average molecular weight is 499 g/mol. The molecule has 6 nitrogen and oxygen atoms in total. The summed E-state index contributed by atoms with van der Waals surface area (Å²) in [6.45, 7) is 1.96. The van der Waals surface area contributed by atoms with E-state index in [1.165, 1.54) is 0 Å². The molecule has 3 amide bonds. The molecular weight excluding hydrogens is 481 g/mol. The van der Waals surface area contributed by atoms with Gasteiger partial charge in [-0.2, -0.15) is 0 Å². The molecule has 0 aromatic heterocycles. The van der Waals surface area contributed by atoms with Crippen LogP contribution in [0.1, 0.15) is 36.6 Å². The summed E-state index contributed by atoms with van der Waals surface area (Å²) in [7, 11) is 0. The number of hydrazine groups is 1. The Morgan fingerprint density at radius 3 is 1.86 bits per heavy atom. The van der Waals surface area contributed by atoms with Crippen LogP contribution in [-0.4, -0.2) is 17.7 Å². The number of nitrogens with one attached hydrogen (secondary N) is 3. The van der Waals surface area contributed by atoms with Crippen LogP contribution in [0.2, 0.25) is 0 Å². The Morgan fingerprint density at radius 1 is 0.690 bits per heavy atom. The second kappa shape index (κ2) is 9.33. The second-order valence-corrected chi connectivity index (χ2v) is 7.43. The Labute approximate surface area is 181 Å². The summed E-state index contributed by atoms with van der Waals surface area (Å²) in [5, 5.41) is 2.76. The molecule has 0 atom stereocenters. The van der Waals surface area contributed by atoms with Gasteiger partial charge in [-0.05, 0) is 83.6 Å². The van der Waals surface area contributed by atoms with Crippen molar-refractivity contribution in [1.29, 1.82) is 0 Å². The summed E-state index contributed by atoms with van der Waals surface area (Å²) in [5.41, 5.74) is 7.78. The Kier molecular flexibility index (Phi) is 6.61. The Morgan fingerprint density at radius 2 is 1.24 bits per heavy atom. The second-order valence-electron chi connectivity index (χ2n) is 6.27. The van der Waals surface area contributed by atoms with Gasteiger partial charge in [-0.25, -0.2) is 0 Å². The summed E-state index contributed by atoms with van der Waals surface area (Å²) in [5.74, 6) is -1.09. The Bertz CT molecular complexity index is 1050. The fourth-order valence-corrected chi connectivity index (χ4v) is 3.00. The zero-order valence-corrected chi connectivity index (χ0v) is 17.7. The molecule has 0 bridgehead atoms. The smallest absolute Gasteiger partial charge is 0.269 e. The zero-order chi connectivity index (χ0) is 20.8. The third kappa shape index (κ3) is 5.41. The molecule has 29 heavy (non-hydrogen) atoms. The van der Waals surface area contributed by atoms with Gasteiger partial charge in [-0.1, -0.05) is 24.3 Å². The van der Waals surface area contributed by atoms with Crippen LogP contribution in [0.25, 0.3) is 0 Å². The fraction of sp³-hybridized carbons (Fsp3) is 0.0455. The SMILES string of the molecule is Cc1ccc(C(=O)NNC(=O)c2ccc(NC(=O)c3ccccc3)cc2)cc1I. The Hall–Kier alpha value is -3.20. The van der Waals surface area contributed by atoms with Gasteiger partial charge in [0, 0.05) is 25.9 Å². The van der Waals surface area contributed by atoms with Gasteiger partial charge in [0.25, 0.3) is 17.7 Å². The van der Waals surface area contributed by atoms with Crippen molar-refractivity contribution < 1.29 is 14.4 Å². The van der Waals surface area contributed by atoms with E-state index < -0.39 is 11.8 Å². The monoisotopic (exact) mass is 499 g/mol. The number of benzene rings is 3. The highest BCUT2D eigenvalue weighted by atomic mass is 127. The number of carbonyl (C=O) groups is 3. The van der Waals surface area contributed by atoms with E-state index in [0.717, 1.165) is 9.13 Å². The molecule has 0 aliphatic rings. The van der Waals surface area contributed by atoms with Crippen LogP contribution in [0, 0.1) is 10.5 Å². The van der Waals surface area contributed by atoms with Gasteiger partial charge in [0.1, 0.15) is 0 Å². The zero-order valence-electron chi connectivity index (χ0n) is 15.5. The quantitative estimate of drug-likeness (QED) is 0.376. The molecule has 3 aromatic rings. The molecule has 3 rings (SSSR count). The molecule has 0 unspecified atom stereocenters. The highest BCUT2D eigenvalue weighted by molar-refractivity contribution is 14.1. The van der Waals surface area contributed by atoms with Crippen LogP contribution in [0.4, 0.5) is 5.69 Å². The average Bonchev–Trinajstić information content (AvgIpc) is 2.74. The van der Waals surface area contributed by atoms with Crippen molar-refractivity contribution in [3.8, 4) is 0 Å². The van der Waals surface area contributed by atoms with E-state index >= 15 is 0 Å². The number of hydrogen-bond acceptors (Lipinski definition) is 3. The lowest BCUT2D eigenvalue weighted by atomic mass is 10.1. The van der Waals surface area contributed by atoms with Crippen LogP contribution in [0.5, 0.6) is 0 Å². The van der Waals surface area contributed by atoms with Gasteiger partial charge in [-0.3, -0.25) is 25.2 Å². The molecule has 146 valence electrons. The maximum Gasteiger partial charge on any atom is 0.269 e. The first-order valence-corrected chi connectivity index (χ1v) is 9.85. The van der Waals surface area contributed by atoms with E-state index in [-0.39, 0.29) is 5.91 Å². The highest BCUT2D eigenvalue weighted by Gasteiger charge is 2.11. The lowest BCUT2D eigenvalue weighted by Gasteiger charge is -2.09. The molecule has 0 aliphatic carbocycles. The third-order valence-electron chi connectivity index (χ3n) is 4.16. The van der Waals surface area contributed by atoms with Crippen molar-refractivity contribution in [3.63, 3.8) is 0 Å². The minimum atomic E-state index is -0.457. The molecular formula is C22H18IN3O3. The van der Waals surface area contributed by atoms with Crippen LogP contribution < -0.4 is 16.2 Å². The molecule has 7 heteroatoms. The maximum absolute atomic E-state index is 12.2. The molecule has 3 aromatic carbocycles. The number of hydrogen-bond donors (Lipinski definition) is 3. The fourth-order valence-electron chi connectivity index (χ4n) is 2.49. The lowest BCUT2D eigenvalue weighted by molar-refractivity contribution is 0.0846. The molecule has 0 spiro atoms.